The molecule has 0 bridgehead atoms. The summed E-state index contributed by atoms with van der Waals surface area (Å²) in [4.78, 5) is 0. The van der Waals surface area contributed by atoms with E-state index in [4.69, 9.17) is 15.3 Å². The topological polar surface area (TPSA) is 104 Å². The third-order valence-corrected chi connectivity index (χ3v) is 1.34. The van der Waals surface area contributed by atoms with Crippen LogP contribution in [-0.2, 0) is 14.3 Å². The number of hydrogen-bond donors (Lipinski definition) is 3. The maximum absolute atomic E-state index is 10.3. The van der Waals surface area contributed by atoms with Gasteiger partial charge in [0.2, 0.25) is 6.29 Å². The third kappa shape index (κ3) is 5.10. The van der Waals surface area contributed by atoms with Crippen molar-refractivity contribution in [3.63, 3.8) is 0 Å². The molecule has 0 spiro atoms. The van der Waals surface area contributed by atoms with E-state index in [9.17, 15) is 8.42 Å². The summed E-state index contributed by atoms with van der Waals surface area (Å²) in [5.41, 5.74) is 0. The Hall–Kier alpha value is -0.210. The normalized spacial score (nSPS) is 17.8. The predicted molar refractivity (Wildman–Crippen MR) is 35.0 cm³/mol. The van der Waals surface area contributed by atoms with Crippen LogP contribution in [-0.4, -0.2) is 49.0 Å². The maximum atomic E-state index is 10.3. The monoisotopic (exact) mass is 186 g/mol. The zero-order chi connectivity index (χ0) is 9.07. The average molecular weight is 186 g/mol. The molecule has 6 nitrogen and oxygen atoms in total. The molecule has 0 aromatic rings. The molecule has 0 amide bonds. The van der Waals surface area contributed by atoms with E-state index in [1.165, 1.54) is 0 Å². The van der Waals surface area contributed by atoms with Gasteiger partial charge < -0.3 is 15.3 Å². The first-order valence-electron chi connectivity index (χ1n) is 2.72. The van der Waals surface area contributed by atoms with E-state index < -0.39 is 29.1 Å². The van der Waals surface area contributed by atoms with Crippen molar-refractivity contribution >= 4 is 10.1 Å². The Morgan fingerprint density at radius 3 is 2.18 bits per heavy atom. The van der Waals surface area contributed by atoms with E-state index >= 15 is 0 Å². The van der Waals surface area contributed by atoms with Crippen molar-refractivity contribution in [2.45, 2.75) is 12.4 Å². The molecule has 0 saturated heterocycles. The summed E-state index contributed by atoms with van der Waals surface area (Å²) < 4.78 is 24.5. The molecule has 0 heterocycles. The Morgan fingerprint density at radius 2 is 1.91 bits per heavy atom. The van der Waals surface area contributed by atoms with Crippen LogP contribution in [0.1, 0.15) is 0 Å². The van der Waals surface area contributed by atoms with E-state index in [0.717, 1.165) is 6.26 Å². The van der Waals surface area contributed by atoms with Gasteiger partial charge in [-0.05, 0) is 0 Å². The first-order valence-corrected chi connectivity index (χ1v) is 4.53. The van der Waals surface area contributed by atoms with Gasteiger partial charge in [-0.2, -0.15) is 8.42 Å². The van der Waals surface area contributed by atoms with E-state index in [1.807, 2.05) is 0 Å². The number of rotatable bonds is 4. The number of aliphatic hydroxyl groups is 3. The van der Waals surface area contributed by atoms with Crippen LogP contribution in [0.5, 0.6) is 0 Å². The fourth-order valence-electron chi connectivity index (χ4n) is 0.333. The molecule has 0 radical (unpaired) electrons. The Balaban J connectivity index is 3.98. The molecule has 2 atom stereocenters. The van der Waals surface area contributed by atoms with Crippen LogP contribution >= 0.6 is 0 Å². The van der Waals surface area contributed by atoms with Gasteiger partial charge in [0.05, 0.1) is 12.9 Å². The smallest absolute Gasteiger partial charge is 0.266 e. The summed E-state index contributed by atoms with van der Waals surface area (Å²) in [5, 5.41) is 25.5. The molecule has 0 aromatic carbocycles. The summed E-state index contributed by atoms with van der Waals surface area (Å²) >= 11 is 0. The maximum Gasteiger partial charge on any atom is 0.266 e. The highest BCUT2D eigenvalue weighted by Crippen LogP contribution is 1.98. The fourth-order valence-corrected chi connectivity index (χ4v) is 0.820. The largest absolute Gasteiger partial charge is 0.393 e. The first-order chi connectivity index (χ1) is 4.87. The van der Waals surface area contributed by atoms with Gasteiger partial charge in [0, 0.05) is 0 Å². The second-order valence-electron chi connectivity index (χ2n) is 1.94. The fraction of sp³-hybridized carbons (Fsp3) is 1.00. The summed E-state index contributed by atoms with van der Waals surface area (Å²) in [5.74, 6) is 0. The second kappa shape index (κ2) is 3.98. The Kier molecular flexibility index (Phi) is 3.90. The minimum Gasteiger partial charge on any atom is -0.393 e. The van der Waals surface area contributed by atoms with Crippen molar-refractivity contribution in [1.29, 1.82) is 0 Å². The van der Waals surface area contributed by atoms with Gasteiger partial charge in [-0.3, -0.25) is 0 Å². The highest BCUT2D eigenvalue weighted by atomic mass is 32.2. The number of aliphatic hydroxyl groups excluding tert-OH is 3. The zero-order valence-electron chi connectivity index (χ0n) is 5.84. The minimum absolute atomic E-state index is 0.723. The van der Waals surface area contributed by atoms with Crippen LogP contribution in [0.25, 0.3) is 0 Å². The molecule has 7 heteroatoms. The van der Waals surface area contributed by atoms with Crippen molar-refractivity contribution in [3.05, 3.63) is 0 Å². The Morgan fingerprint density at radius 1 is 1.45 bits per heavy atom. The van der Waals surface area contributed by atoms with Crippen LogP contribution in [0.4, 0.5) is 0 Å². The molecule has 0 aliphatic rings. The molecule has 0 aliphatic carbocycles. The molecule has 0 fully saturated rings. The molecule has 11 heavy (non-hydrogen) atoms. The highest BCUT2D eigenvalue weighted by Gasteiger charge is 2.20. The Labute approximate surface area is 64.2 Å². The summed E-state index contributed by atoms with van der Waals surface area (Å²) in [6, 6.07) is 0. The predicted octanol–water partition coefficient (Wildman–Crippen LogP) is -2.37. The molecular formula is C4H10O6S. The minimum atomic E-state index is -3.80. The van der Waals surface area contributed by atoms with E-state index in [2.05, 4.69) is 4.18 Å². The molecule has 0 aliphatic heterocycles. The average Bonchev–Trinajstić information content (AvgIpc) is 1.82. The van der Waals surface area contributed by atoms with Gasteiger partial charge >= 0.3 is 0 Å². The highest BCUT2D eigenvalue weighted by molar-refractivity contribution is 7.86. The van der Waals surface area contributed by atoms with Crippen LogP contribution in [0, 0.1) is 0 Å². The van der Waals surface area contributed by atoms with Crippen molar-refractivity contribution in [3.8, 4) is 0 Å². The molecule has 68 valence electrons. The SMILES string of the molecule is CS(=O)(=O)OC(O)C(O)CO. The zero-order valence-corrected chi connectivity index (χ0v) is 6.65. The van der Waals surface area contributed by atoms with Crippen molar-refractivity contribution in [2.24, 2.45) is 0 Å². The quantitative estimate of drug-likeness (QED) is 0.335. The molecule has 0 saturated carbocycles. The van der Waals surface area contributed by atoms with Gasteiger partial charge in [-0.1, -0.05) is 0 Å². The van der Waals surface area contributed by atoms with Crippen LogP contribution < -0.4 is 0 Å². The first kappa shape index (κ1) is 10.8. The van der Waals surface area contributed by atoms with Gasteiger partial charge in [0.15, 0.2) is 0 Å². The standard InChI is InChI=1S/C4H10O6S/c1-11(8,9)10-4(7)3(6)2-5/h3-7H,2H2,1H3. The van der Waals surface area contributed by atoms with Gasteiger partial charge in [-0.25, -0.2) is 4.18 Å². The van der Waals surface area contributed by atoms with Gasteiger partial charge in [0.1, 0.15) is 6.10 Å². The lowest BCUT2D eigenvalue weighted by Gasteiger charge is -2.13. The molecule has 3 N–H and O–H groups in total. The van der Waals surface area contributed by atoms with Crippen LogP contribution in [0.2, 0.25) is 0 Å². The van der Waals surface area contributed by atoms with E-state index in [1.54, 1.807) is 0 Å². The lowest BCUT2D eigenvalue weighted by Crippen LogP contribution is -2.33. The van der Waals surface area contributed by atoms with Gasteiger partial charge in [0.25, 0.3) is 10.1 Å². The van der Waals surface area contributed by atoms with Crippen LogP contribution in [0.3, 0.4) is 0 Å². The van der Waals surface area contributed by atoms with Crippen LogP contribution in [0.15, 0.2) is 0 Å². The third-order valence-electron chi connectivity index (χ3n) is 0.790. The second-order valence-corrected chi connectivity index (χ2v) is 3.54. The van der Waals surface area contributed by atoms with Gasteiger partial charge in [-0.15, -0.1) is 0 Å². The summed E-state index contributed by atoms with van der Waals surface area (Å²) in [6.07, 6.45) is -2.79. The van der Waals surface area contributed by atoms with E-state index in [0.29, 0.717) is 0 Å². The molecule has 0 rings (SSSR count). The molecular weight excluding hydrogens is 176 g/mol. The van der Waals surface area contributed by atoms with E-state index in [-0.39, 0.29) is 0 Å². The van der Waals surface area contributed by atoms with Crippen molar-refractivity contribution in [2.75, 3.05) is 12.9 Å². The summed E-state index contributed by atoms with van der Waals surface area (Å²) in [7, 11) is -3.80. The molecule has 0 aromatic heterocycles. The lowest BCUT2D eigenvalue weighted by molar-refractivity contribution is -0.114. The summed E-state index contributed by atoms with van der Waals surface area (Å²) in [6.45, 7) is -0.767. The van der Waals surface area contributed by atoms with Crippen molar-refractivity contribution < 1.29 is 27.9 Å². The lowest BCUT2D eigenvalue weighted by atomic mass is 10.4. The number of hydrogen-bond acceptors (Lipinski definition) is 6. The molecule has 2 unspecified atom stereocenters. The Bertz CT molecular complexity index is 197. The van der Waals surface area contributed by atoms with Crippen molar-refractivity contribution in [1.82, 2.24) is 0 Å².